The quantitative estimate of drug-likeness (QED) is 0.513. The lowest BCUT2D eigenvalue weighted by molar-refractivity contribution is 0.0443. The van der Waals surface area contributed by atoms with Crippen LogP contribution in [0.25, 0.3) is 0 Å². The van der Waals surface area contributed by atoms with Gasteiger partial charge in [-0.3, -0.25) is 4.55 Å². The minimum atomic E-state index is -2.49. The lowest BCUT2D eigenvalue weighted by atomic mass is 9.94. The lowest BCUT2D eigenvalue weighted by Gasteiger charge is -2.12. The van der Waals surface area contributed by atoms with Crippen LogP contribution in [0.5, 0.6) is 5.75 Å². The standard InChI is InChI=1S/C12H12O6S/c1-3-6-5-8(18-19(15)16)7(4-2)10-9(6)11(13)17-12(10)14/h5H,3-4H2,1-2H3,(H,15,16). The summed E-state index contributed by atoms with van der Waals surface area (Å²) in [5.74, 6) is -1.28. The molecule has 0 aliphatic carbocycles. The van der Waals surface area contributed by atoms with Crippen molar-refractivity contribution in [1.29, 1.82) is 0 Å². The minimum Gasteiger partial charge on any atom is -0.386 e. The van der Waals surface area contributed by atoms with Crippen LogP contribution in [0.3, 0.4) is 0 Å². The van der Waals surface area contributed by atoms with Crippen LogP contribution in [0, 0.1) is 0 Å². The number of fused-ring (bicyclic) bond motifs is 1. The third-order valence-corrected chi connectivity index (χ3v) is 3.29. The van der Waals surface area contributed by atoms with Crippen LogP contribution >= 0.6 is 0 Å². The number of carbonyl (C=O) groups excluding carboxylic acids is 2. The summed E-state index contributed by atoms with van der Waals surface area (Å²) < 4.78 is 29.0. The van der Waals surface area contributed by atoms with Crippen LogP contribution in [-0.4, -0.2) is 20.7 Å². The van der Waals surface area contributed by atoms with Crippen molar-refractivity contribution in [3.8, 4) is 5.75 Å². The van der Waals surface area contributed by atoms with Crippen molar-refractivity contribution < 1.29 is 27.3 Å². The molecule has 7 heteroatoms. The number of ether oxygens (including phenoxy) is 1. The van der Waals surface area contributed by atoms with Crippen LogP contribution in [0.2, 0.25) is 0 Å². The molecule has 102 valence electrons. The third kappa shape index (κ3) is 2.26. The Bertz CT molecular complexity index is 592. The average Bonchev–Trinajstić information content (AvgIpc) is 2.64. The van der Waals surface area contributed by atoms with Gasteiger partial charge in [-0.1, -0.05) is 13.8 Å². The molecule has 0 saturated carbocycles. The largest absolute Gasteiger partial charge is 0.386 e. The molecule has 1 aliphatic rings. The fraction of sp³-hybridized carbons (Fsp3) is 0.333. The number of hydrogen-bond donors (Lipinski definition) is 1. The lowest BCUT2D eigenvalue weighted by Crippen LogP contribution is -2.08. The van der Waals surface area contributed by atoms with Gasteiger partial charge < -0.3 is 8.92 Å². The van der Waals surface area contributed by atoms with E-state index in [1.807, 2.05) is 0 Å². The number of benzene rings is 1. The number of cyclic esters (lactones) is 2. The second-order valence-corrected chi connectivity index (χ2v) is 4.55. The number of rotatable bonds is 4. The van der Waals surface area contributed by atoms with Gasteiger partial charge in [-0.25, -0.2) is 9.59 Å². The van der Waals surface area contributed by atoms with Gasteiger partial charge in [-0.05, 0) is 24.5 Å². The molecule has 1 unspecified atom stereocenters. The van der Waals surface area contributed by atoms with E-state index < -0.39 is 23.3 Å². The van der Waals surface area contributed by atoms with Gasteiger partial charge in [0.1, 0.15) is 5.75 Å². The monoisotopic (exact) mass is 284 g/mol. The first-order valence-electron chi connectivity index (χ1n) is 5.74. The maximum absolute atomic E-state index is 11.7. The van der Waals surface area contributed by atoms with E-state index in [4.69, 9.17) is 8.74 Å². The molecular weight excluding hydrogens is 272 g/mol. The van der Waals surface area contributed by atoms with Gasteiger partial charge >= 0.3 is 23.3 Å². The molecule has 0 spiro atoms. The van der Waals surface area contributed by atoms with E-state index in [0.717, 1.165) is 0 Å². The number of esters is 2. The van der Waals surface area contributed by atoms with E-state index in [9.17, 15) is 13.8 Å². The molecule has 0 radical (unpaired) electrons. The Labute approximate surface area is 112 Å². The van der Waals surface area contributed by atoms with Gasteiger partial charge in [0.25, 0.3) is 0 Å². The first kappa shape index (κ1) is 13.7. The molecule has 0 saturated heterocycles. The van der Waals surface area contributed by atoms with E-state index in [1.165, 1.54) is 6.07 Å². The number of hydrogen-bond acceptors (Lipinski definition) is 5. The van der Waals surface area contributed by atoms with Gasteiger partial charge in [-0.15, -0.1) is 0 Å². The van der Waals surface area contributed by atoms with E-state index in [0.29, 0.717) is 24.0 Å². The Balaban J connectivity index is 2.73. The van der Waals surface area contributed by atoms with Crippen LogP contribution in [0.15, 0.2) is 6.07 Å². The topological polar surface area (TPSA) is 89.9 Å². The van der Waals surface area contributed by atoms with Crippen molar-refractivity contribution in [2.24, 2.45) is 0 Å². The fourth-order valence-corrected chi connectivity index (χ4v) is 2.48. The predicted molar refractivity (Wildman–Crippen MR) is 66.3 cm³/mol. The van der Waals surface area contributed by atoms with Crippen molar-refractivity contribution in [2.75, 3.05) is 0 Å². The maximum atomic E-state index is 11.7. The van der Waals surface area contributed by atoms with E-state index >= 15 is 0 Å². The molecule has 0 amide bonds. The first-order valence-corrected chi connectivity index (χ1v) is 6.77. The molecule has 0 fully saturated rings. The first-order chi connectivity index (χ1) is 8.99. The van der Waals surface area contributed by atoms with E-state index in [2.05, 4.69) is 4.74 Å². The zero-order valence-electron chi connectivity index (χ0n) is 10.4. The van der Waals surface area contributed by atoms with Crippen LogP contribution < -0.4 is 4.18 Å². The second-order valence-electron chi connectivity index (χ2n) is 3.95. The van der Waals surface area contributed by atoms with E-state index in [1.54, 1.807) is 13.8 Å². The van der Waals surface area contributed by atoms with E-state index in [-0.39, 0.29) is 16.9 Å². The molecule has 1 atom stereocenters. The predicted octanol–water partition coefficient (Wildman–Crippen LogP) is 1.64. The van der Waals surface area contributed by atoms with Crippen LogP contribution in [0.4, 0.5) is 0 Å². The van der Waals surface area contributed by atoms with Crippen LogP contribution in [0.1, 0.15) is 45.7 Å². The van der Waals surface area contributed by atoms with Gasteiger partial charge in [0, 0.05) is 5.56 Å². The summed E-state index contributed by atoms with van der Waals surface area (Å²) in [5.41, 5.74) is 1.35. The molecule has 0 aromatic heterocycles. The fourth-order valence-electron chi connectivity index (χ4n) is 2.18. The summed E-state index contributed by atoms with van der Waals surface area (Å²) >= 11 is -2.49. The maximum Gasteiger partial charge on any atom is 0.357 e. The molecule has 1 aromatic carbocycles. The third-order valence-electron chi connectivity index (χ3n) is 2.96. The summed E-state index contributed by atoms with van der Waals surface area (Å²) in [6.07, 6.45) is 0.852. The molecule has 1 heterocycles. The Morgan fingerprint density at radius 3 is 2.37 bits per heavy atom. The average molecular weight is 284 g/mol. The molecule has 19 heavy (non-hydrogen) atoms. The highest BCUT2D eigenvalue weighted by molar-refractivity contribution is 7.74. The Morgan fingerprint density at radius 1 is 1.21 bits per heavy atom. The van der Waals surface area contributed by atoms with Gasteiger partial charge in [0.15, 0.2) is 0 Å². The smallest absolute Gasteiger partial charge is 0.357 e. The molecule has 0 bridgehead atoms. The SMILES string of the molecule is CCc1cc(OS(=O)O)c(CC)c2c1C(=O)OC2=O. The molecule has 1 aliphatic heterocycles. The summed E-state index contributed by atoms with van der Waals surface area (Å²) in [6, 6.07) is 1.51. The van der Waals surface area contributed by atoms with Crippen molar-refractivity contribution in [1.82, 2.24) is 0 Å². The Morgan fingerprint density at radius 2 is 1.84 bits per heavy atom. The van der Waals surface area contributed by atoms with Gasteiger partial charge in [0.05, 0.1) is 11.1 Å². The highest BCUT2D eigenvalue weighted by atomic mass is 32.2. The van der Waals surface area contributed by atoms with Crippen molar-refractivity contribution in [3.63, 3.8) is 0 Å². The zero-order chi connectivity index (χ0) is 14.2. The molecule has 6 nitrogen and oxygen atoms in total. The Kier molecular flexibility index (Phi) is 3.68. The molecule has 1 aromatic rings. The van der Waals surface area contributed by atoms with Crippen LogP contribution in [-0.2, 0) is 28.9 Å². The van der Waals surface area contributed by atoms with Gasteiger partial charge in [-0.2, -0.15) is 4.21 Å². The molecular formula is C12H12O6S. The summed E-state index contributed by atoms with van der Waals surface area (Å²) in [4.78, 5) is 23.4. The minimum absolute atomic E-state index is 0.130. The summed E-state index contributed by atoms with van der Waals surface area (Å²) in [5, 5.41) is 0. The summed E-state index contributed by atoms with van der Waals surface area (Å²) in [6.45, 7) is 3.56. The molecule has 1 N–H and O–H groups in total. The Hall–Kier alpha value is -1.73. The molecule has 2 rings (SSSR count). The zero-order valence-corrected chi connectivity index (χ0v) is 11.2. The van der Waals surface area contributed by atoms with Gasteiger partial charge in [0.2, 0.25) is 0 Å². The summed E-state index contributed by atoms with van der Waals surface area (Å²) in [7, 11) is 0. The van der Waals surface area contributed by atoms with Crippen molar-refractivity contribution in [2.45, 2.75) is 26.7 Å². The van der Waals surface area contributed by atoms with Crippen molar-refractivity contribution in [3.05, 3.63) is 28.3 Å². The highest BCUT2D eigenvalue weighted by Gasteiger charge is 2.36. The second kappa shape index (κ2) is 5.10. The highest BCUT2D eigenvalue weighted by Crippen LogP contribution is 2.35. The number of aryl methyl sites for hydroxylation is 1. The number of carbonyl (C=O) groups is 2. The normalized spacial score (nSPS) is 15.1. The van der Waals surface area contributed by atoms with Crippen molar-refractivity contribution >= 4 is 23.3 Å².